The maximum absolute atomic E-state index is 11.6. The van der Waals surface area contributed by atoms with E-state index in [1.54, 1.807) is 0 Å². The average Bonchev–Trinajstić information content (AvgIpc) is 2.64. The maximum atomic E-state index is 11.6. The number of rotatable bonds is 3. The van der Waals surface area contributed by atoms with E-state index < -0.39 is 0 Å². The molecule has 152 valence electrons. The highest BCUT2D eigenvalue weighted by molar-refractivity contribution is 5.74. The molecule has 4 aliphatic rings. The molecule has 5 atom stereocenters. The molecule has 1 N–H and O–H groups in total. The summed E-state index contributed by atoms with van der Waals surface area (Å²) < 4.78 is 11.6. The van der Waals surface area contributed by atoms with E-state index in [2.05, 4.69) is 27.4 Å². The third-order valence-corrected chi connectivity index (χ3v) is 7.82. The van der Waals surface area contributed by atoms with Gasteiger partial charge in [0, 0.05) is 12.0 Å². The van der Waals surface area contributed by atoms with Gasteiger partial charge in [-0.15, -0.1) is 0 Å². The van der Waals surface area contributed by atoms with Crippen LogP contribution in [0.3, 0.4) is 0 Å². The molecule has 28 heavy (non-hydrogen) atoms. The molecular weight excluding hydrogens is 352 g/mol. The fraction of sp³-hybridized carbons (Fsp3) is 0.625. The fourth-order valence-electron chi connectivity index (χ4n) is 6.00. The number of ether oxygens (including phenoxy) is 2. The molecule has 1 aliphatic heterocycles. The summed E-state index contributed by atoms with van der Waals surface area (Å²) in [5.41, 5.74) is 2.27. The van der Waals surface area contributed by atoms with Crippen molar-refractivity contribution in [1.29, 1.82) is 0 Å². The van der Waals surface area contributed by atoms with E-state index in [-0.39, 0.29) is 34.9 Å². The van der Waals surface area contributed by atoms with Crippen LogP contribution < -0.4 is 0 Å². The quantitative estimate of drug-likeness (QED) is 0.576. The molecule has 0 unspecified atom stereocenters. The van der Waals surface area contributed by atoms with Crippen LogP contribution in [0.4, 0.5) is 0 Å². The second-order valence-corrected chi connectivity index (χ2v) is 9.72. The fourth-order valence-corrected chi connectivity index (χ4v) is 6.00. The predicted molar refractivity (Wildman–Crippen MR) is 108 cm³/mol. The van der Waals surface area contributed by atoms with Crippen LogP contribution in [0.25, 0.3) is 0 Å². The van der Waals surface area contributed by atoms with E-state index in [0.29, 0.717) is 18.9 Å². The first-order valence-electron chi connectivity index (χ1n) is 10.5. The van der Waals surface area contributed by atoms with Gasteiger partial charge in [-0.1, -0.05) is 45.1 Å². The van der Waals surface area contributed by atoms with Crippen LogP contribution in [-0.2, 0) is 14.3 Å². The van der Waals surface area contributed by atoms with Gasteiger partial charge in [0.15, 0.2) is 0 Å². The molecule has 2 saturated carbocycles. The minimum atomic E-state index is -0.331. The molecule has 4 nitrogen and oxygen atoms in total. The number of hydrogen-bond donors (Lipinski definition) is 1. The molecule has 3 aliphatic carbocycles. The lowest BCUT2D eigenvalue weighted by molar-refractivity contribution is -0.145. The Kier molecular flexibility index (Phi) is 4.81. The first kappa shape index (κ1) is 19.5. The van der Waals surface area contributed by atoms with E-state index in [0.717, 1.165) is 37.0 Å². The van der Waals surface area contributed by atoms with Crippen molar-refractivity contribution in [2.24, 2.45) is 22.7 Å². The van der Waals surface area contributed by atoms with Crippen LogP contribution in [0, 0.1) is 22.7 Å². The van der Waals surface area contributed by atoms with Gasteiger partial charge >= 0.3 is 5.97 Å². The first-order valence-corrected chi connectivity index (χ1v) is 10.5. The number of allylic oxidation sites excluding steroid dienone is 1. The zero-order chi connectivity index (χ0) is 20.1. The van der Waals surface area contributed by atoms with Gasteiger partial charge in [0.2, 0.25) is 0 Å². The molecule has 0 aromatic heterocycles. The lowest BCUT2D eigenvalue weighted by Gasteiger charge is -2.59. The summed E-state index contributed by atoms with van der Waals surface area (Å²) in [5, 5.41) is 10.6. The number of carbonyl (C=O) groups is 1. The highest BCUT2D eigenvalue weighted by atomic mass is 16.5. The molecule has 2 fully saturated rings. The number of fused-ring (bicyclic) bond motifs is 2. The topological polar surface area (TPSA) is 55.8 Å². The molecular formula is C24H32O4. The lowest BCUT2D eigenvalue weighted by Crippen LogP contribution is -2.55. The number of aliphatic hydroxyl groups excluding tert-OH is 1. The normalized spacial score (nSPS) is 39.3. The predicted octanol–water partition coefficient (Wildman–Crippen LogP) is 4.47. The Hall–Kier alpha value is -1.81. The van der Waals surface area contributed by atoms with Crippen molar-refractivity contribution in [3.05, 3.63) is 47.8 Å². The van der Waals surface area contributed by atoms with Gasteiger partial charge in [0.1, 0.15) is 11.9 Å². The van der Waals surface area contributed by atoms with Gasteiger partial charge in [-0.05, 0) is 54.1 Å². The minimum absolute atomic E-state index is 0.0827. The number of carbonyl (C=O) groups excluding carboxylic acids is 1. The number of esters is 1. The SMILES string of the molecule is C=C1CC[C@H]2C(C)(C)[C@@H](O)CC[C@@]2(C)[C@H]1COC1=C[C@H]2OC(=O)CC=C2C=C1. The van der Waals surface area contributed by atoms with Crippen molar-refractivity contribution in [3.8, 4) is 0 Å². The summed E-state index contributed by atoms with van der Waals surface area (Å²) in [6.45, 7) is 11.7. The van der Waals surface area contributed by atoms with Crippen LogP contribution in [0.5, 0.6) is 0 Å². The molecule has 1 heterocycles. The lowest BCUT2D eigenvalue weighted by atomic mass is 9.47. The summed E-state index contributed by atoms with van der Waals surface area (Å²) in [6, 6.07) is 0. The monoisotopic (exact) mass is 384 g/mol. The summed E-state index contributed by atoms with van der Waals surface area (Å²) >= 11 is 0. The van der Waals surface area contributed by atoms with Crippen molar-refractivity contribution in [2.45, 2.75) is 65.1 Å². The standard InChI is InChI=1S/C24H32O4/c1-15-5-9-20-23(2,3)21(25)11-12-24(20,4)18(15)14-27-17-8-6-16-7-10-22(26)28-19(16)13-17/h6-8,13,18-21,25H,1,5,9-12,14H2,2-4H3/t18-,19+,20-,21-,24-/m0/s1. The Morgan fingerprint density at radius 3 is 2.86 bits per heavy atom. The van der Waals surface area contributed by atoms with Crippen LogP contribution in [0.2, 0.25) is 0 Å². The Balaban J connectivity index is 1.50. The molecule has 4 rings (SSSR count). The second-order valence-electron chi connectivity index (χ2n) is 9.72. The van der Waals surface area contributed by atoms with Crippen molar-refractivity contribution in [3.63, 3.8) is 0 Å². The van der Waals surface area contributed by atoms with Crippen molar-refractivity contribution >= 4 is 5.97 Å². The third kappa shape index (κ3) is 3.16. The second kappa shape index (κ2) is 6.91. The molecule has 4 heteroatoms. The Bertz CT molecular complexity index is 771. The molecule has 0 aromatic rings. The first-order chi connectivity index (χ1) is 13.2. The van der Waals surface area contributed by atoms with Gasteiger partial charge < -0.3 is 14.6 Å². The maximum Gasteiger partial charge on any atom is 0.310 e. The van der Waals surface area contributed by atoms with Crippen LogP contribution in [-0.4, -0.2) is 29.9 Å². The van der Waals surface area contributed by atoms with Gasteiger partial charge in [0.05, 0.1) is 19.1 Å². The zero-order valence-corrected chi connectivity index (χ0v) is 17.2. The molecule has 0 bridgehead atoms. The van der Waals surface area contributed by atoms with Gasteiger partial charge in [0.25, 0.3) is 0 Å². The van der Waals surface area contributed by atoms with E-state index >= 15 is 0 Å². The molecule has 0 saturated heterocycles. The van der Waals surface area contributed by atoms with E-state index in [1.807, 2.05) is 24.3 Å². The van der Waals surface area contributed by atoms with Crippen molar-refractivity contribution in [2.75, 3.05) is 6.61 Å². The molecule has 0 amide bonds. The molecule has 0 radical (unpaired) electrons. The average molecular weight is 385 g/mol. The van der Waals surface area contributed by atoms with Gasteiger partial charge in [-0.25, -0.2) is 0 Å². The molecule has 0 spiro atoms. The van der Waals surface area contributed by atoms with Crippen LogP contribution >= 0.6 is 0 Å². The highest BCUT2D eigenvalue weighted by Gasteiger charge is 2.56. The van der Waals surface area contributed by atoms with E-state index in [9.17, 15) is 9.90 Å². The van der Waals surface area contributed by atoms with Crippen molar-refractivity contribution < 1.29 is 19.4 Å². The largest absolute Gasteiger partial charge is 0.493 e. The smallest absolute Gasteiger partial charge is 0.310 e. The molecule has 0 aromatic carbocycles. The van der Waals surface area contributed by atoms with E-state index in [4.69, 9.17) is 9.47 Å². The highest BCUT2D eigenvalue weighted by Crippen LogP contribution is 2.60. The third-order valence-electron chi connectivity index (χ3n) is 7.82. The van der Waals surface area contributed by atoms with Gasteiger partial charge in [-0.3, -0.25) is 4.79 Å². The van der Waals surface area contributed by atoms with E-state index in [1.165, 1.54) is 5.57 Å². The summed E-state index contributed by atoms with van der Waals surface area (Å²) in [5.74, 6) is 1.27. The Morgan fingerprint density at radius 2 is 2.07 bits per heavy atom. The summed E-state index contributed by atoms with van der Waals surface area (Å²) in [6.07, 6.45) is 11.4. The van der Waals surface area contributed by atoms with Crippen molar-refractivity contribution in [1.82, 2.24) is 0 Å². The number of aliphatic hydroxyl groups is 1. The number of hydrogen-bond acceptors (Lipinski definition) is 4. The van der Waals surface area contributed by atoms with Crippen LogP contribution in [0.15, 0.2) is 47.8 Å². The van der Waals surface area contributed by atoms with Gasteiger partial charge in [-0.2, -0.15) is 0 Å². The van der Waals surface area contributed by atoms with Crippen LogP contribution in [0.1, 0.15) is 52.9 Å². The Morgan fingerprint density at radius 1 is 1.29 bits per heavy atom. The minimum Gasteiger partial charge on any atom is -0.493 e. The Labute approximate surface area is 168 Å². The summed E-state index contributed by atoms with van der Waals surface area (Å²) in [4.78, 5) is 11.6. The zero-order valence-electron chi connectivity index (χ0n) is 17.2. The summed E-state index contributed by atoms with van der Waals surface area (Å²) in [7, 11) is 0.